The van der Waals surface area contributed by atoms with Gasteiger partial charge in [0.05, 0.1) is 59.8 Å². The van der Waals surface area contributed by atoms with Gasteiger partial charge in [-0.15, -0.1) is 68.0 Å². The smallest absolute Gasteiger partial charge is 0.306 e. The zero-order valence-corrected chi connectivity index (χ0v) is 57.1. The van der Waals surface area contributed by atoms with Crippen molar-refractivity contribution in [2.75, 3.05) is 13.2 Å². The highest BCUT2D eigenvalue weighted by Gasteiger charge is 2.46. The van der Waals surface area contributed by atoms with Crippen LogP contribution in [0.1, 0.15) is 162 Å². The van der Waals surface area contributed by atoms with Crippen LogP contribution in [0, 0.1) is 24.2 Å². The molecule has 97 heavy (non-hydrogen) atoms. The van der Waals surface area contributed by atoms with Crippen molar-refractivity contribution in [3.8, 4) is 49.1 Å². The zero-order chi connectivity index (χ0) is 68.2. The quantitative estimate of drug-likeness (QED) is 0.0247. The van der Waals surface area contributed by atoms with Crippen molar-refractivity contribution in [2.45, 2.75) is 120 Å². The molecule has 1 saturated carbocycles. The summed E-state index contributed by atoms with van der Waals surface area (Å²) in [6, 6.07) is 16.0. The fourth-order valence-electron chi connectivity index (χ4n) is 12.0. The first-order chi connectivity index (χ1) is 46.7. The maximum atomic E-state index is 15.5. The lowest BCUT2D eigenvalue weighted by molar-refractivity contribution is -0.143. The van der Waals surface area contributed by atoms with Crippen LogP contribution in [-0.4, -0.2) is 134 Å². The van der Waals surface area contributed by atoms with E-state index in [-0.39, 0.29) is 64.1 Å². The molecule has 1 aliphatic carbocycles. The number of rotatable bonds is 16. The second kappa shape index (κ2) is 29.8. The number of aryl methyl sites for hydroxylation is 1. The van der Waals surface area contributed by atoms with Gasteiger partial charge in [-0.2, -0.15) is 0 Å². The van der Waals surface area contributed by atoms with Crippen molar-refractivity contribution in [2.24, 2.45) is 23.3 Å². The van der Waals surface area contributed by atoms with Crippen LogP contribution in [-0.2, 0) is 20.8 Å². The van der Waals surface area contributed by atoms with Crippen molar-refractivity contribution < 1.29 is 53.6 Å². The Labute approximate surface area is 579 Å². The molecule has 0 unspecified atom stereocenters. The molecule has 10 bridgehead atoms. The number of amidine groups is 1. The van der Waals surface area contributed by atoms with E-state index in [1.165, 1.54) is 39.4 Å². The Hall–Kier alpha value is -8.95. The van der Waals surface area contributed by atoms with Gasteiger partial charge >= 0.3 is 5.97 Å². The summed E-state index contributed by atoms with van der Waals surface area (Å²) in [6.45, 7) is 3.81. The Kier molecular flexibility index (Phi) is 20.9. The molecular formula is C66H66N14O11S6. The molecule has 9 aromatic rings. The van der Waals surface area contributed by atoms with Crippen LogP contribution in [0.3, 0.4) is 0 Å². The van der Waals surface area contributed by atoms with Gasteiger partial charge in [0.1, 0.15) is 76.7 Å². The van der Waals surface area contributed by atoms with Crippen molar-refractivity contribution in [3.63, 3.8) is 0 Å². The first-order valence-electron chi connectivity index (χ1n) is 31.2. The Morgan fingerprint density at radius 1 is 0.722 bits per heavy atom. The fraction of sp³-hybridized carbons (Fsp3) is 0.348. The molecular weight excluding hydrogens is 1360 g/mol. The average molecular weight is 1420 g/mol. The third-order valence-corrected chi connectivity index (χ3v) is 22.8. The van der Waals surface area contributed by atoms with E-state index in [1.807, 2.05) is 12.3 Å². The summed E-state index contributed by atoms with van der Waals surface area (Å²) in [7, 11) is 0. The van der Waals surface area contributed by atoms with Crippen LogP contribution in [0.15, 0.2) is 93.6 Å². The minimum Gasteiger partial charge on any atom is -0.494 e. The fourth-order valence-corrected chi connectivity index (χ4v) is 17.4. The normalized spacial score (nSPS) is 21.1. The number of carbonyl (C=O) groups excluding carboxylic acids is 6. The lowest BCUT2D eigenvalue weighted by atomic mass is 9.86. The van der Waals surface area contributed by atoms with E-state index in [1.54, 1.807) is 94.7 Å². The third-order valence-electron chi connectivity index (χ3n) is 17.2. The minimum atomic E-state index is -1.31. The Balaban J connectivity index is 0.916. The molecule has 7 atom stereocenters. The highest BCUT2D eigenvalue weighted by molar-refractivity contribution is 7.15. The summed E-state index contributed by atoms with van der Waals surface area (Å²) >= 11 is 7.04. The predicted molar refractivity (Wildman–Crippen MR) is 368 cm³/mol. The van der Waals surface area contributed by atoms with Gasteiger partial charge in [0.25, 0.3) is 17.7 Å². The number of thiazole rings is 6. The standard InChI is InChI=1S/C66H66N14O11S6/c1-31-49(82)25-80-54(31)64-78-47(30-96-64)62-74-43(26-94-62)53-38(19-20-40(71-53)61-77-44(29-95-61)56(85)70-36-15-13-35(14-16-36)66(89)90)59-75-45(27-92-59)57(86)72-41(24-51(69)83)63-79-52(32(2)97-63)48(81)23-39(55(84)34-8-4-3-5-9-34)60-76-46(28-93-60)58(87)73-42(65(80)88)22-33-11-17-37(18-12-33)91-21-7-6-10-50(67)68/h3-5,8-9,11-12,17-20,26-31,35-36,39,41-42,49,54-55,82,84H,6-7,10,13-16,21-25H2,1-2H3,(H3,67,68)(H2,69,83)(H,70,85)(H,72,86)(H,73,87)(H,89,90)/t31-,35?,36?,39-,41-,42-,49-,54-,55+/m0/s1. The summed E-state index contributed by atoms with van der Waals surface area (Å²) in [5, 5.41) is 60.2. The number of amides is 5. The topological polar surface area (TPSA) is 395 Å². The number of primary amides is 1. The number of aromatic nitrogens is 7. The number of benzene rings is 2. The Morgan fingerprint density at radius 3 is 2.12 bits per heavy atom. The average Bonchev–Trinajstić information content (AvgIpc) is 1.65. The highest BCUT2D eigenvalue weighted by atomic mass is 32.1. The summed E-state index contributed by atoms with van der Waals surface area (Å²) in [5.41, 5.74) is 14.6. The van der Waals surface area contributed by atoms with Crippen molar-refractivity contribution >= 4 is 115 Å². The first kappa shape index (κ1) is 68.0. The molecule has 0 radical (unpaired) electrons. The number of nitrogens with zero attached hydrogens (tertiary/aromatic N) is 8. The number of aliphatic hydroxyl groups excluding tert-OH is 2. The van der Waals surface area contributed by atoms with Gasteiger partial charge in [0, 0.05) is 81.0 Å². The number of carboxylic acid groups (broad SMARTS) is 1. The minimum absolute atomic E-state index is 0.00113. The molecule has 2 aromatic carbocycles. The molecule has 2 fully saturated rings. The van der Waals surface area contributed by atoms with Gasteiger partial charge in [0.15, 0.2) is 5.78 Å². The van der Waals surface area contributed by atoms with Crippen molar-refractivity contribution in [1.29, 1.82) is 5.41 Å². The first-order valence-corrected chi connectivity index (χ1v) is 36.4. The van der Waals surface area contributed by atoms with Gasteiger partial charge < -0.3 is 52.4 Å². The molecule has 3 aliphatic rings. The number of Topliss-reactive ketones (excluding diaryl/α,β-unsaturated/α-hetero) is 1. The lowest BCUT2D eigenvalue weighted by Gasteiger charge is -2.29. The summed E-state index contributed by atoms with van der Waals surface area (Å²) in [4.78, 5) is 133. The van der Waals surface area contributed by atoms with Crippen LogP contribution in [0.5, 0.6) is 5.75 Å². The molecule has 2 aliphatic heterocycles. The number of carbonyl (C=O) groups is 7. The molecule has 11 N–H and O–H groups in total. The number of pyridine rings is 1. The summed E-state index contributed by atoms with van der Waals surface area (Å²) in [6.07, 6.45) is 0.736. The van der Waals surface area contributed by atoms with E-state index >= 15 is 4.79 Å². The third kappa shape index (κ3) is 15.6. The molecule has 9 heterocycles. The molecule has 0 spiro atoms. The summed E-state index contributed by atoms with van der Waals surface area (Å²) < 4.78 is 5.97. The maximum Gasteiger partial charge on any atom is 0.306 e. The predicted octanol–water partition coefficient (Wildman–Crippen LogP) is 9.33. The number of ether oxygens (including phenoxy) is 1. The zero-order valence-electron chi connectivity index (χ0n) is 52.2. The number of nitrogens with one attached hydrogen (secondary N) is 4. The van der Waals surface area contributed by atoms with Gasteiger partial charge in [-0.1, -0.05) is 49.4 Å². The number of unbranched alkanes of at least 4 members (excludes halogenated alkanes) is 1. The van der Waals surface area contributed by atoms with Crippen LogP contribution in [0.2, 0.25) is 0 Å². The van der Waals surface area contributed by atoms with Crippen LogP contribution < -0.4 is 32.2 Å². The van der Waals surface area contributed by atoms with Gasteiger partial charge in [0.2, 0.25) is 11.8 Å². The van der Waals surface area contributed by atoms with Crippen LogP contribution >= 0.6 is 68.0 Å². The number of hydrogen-bond acceptors (Lipinski definition) is 24. The molecule has 502 valence electrons. The van der Waals surface area contributed by atoms with E-state index in [9.17, 15) is 44.1 Å². The second-order valence-corrected chi connectivity index (χ2v) is 29.6. The van der Waals surface area contributed by atoms with E-state index < -0.39 is 95.8 Å². The van der Waals surface area contributed by atoms with Crippen LogP contribution in [0.4, 0.5) is 0 Å². The van der Waals surface area contributed by atoms with E-state index in [2.05, 4.69) is 20.9 Å². The second-order valence-electron chi connectivity index (χ2n) is 24.0. The Bertz CT molecular complexity index is 4420. The summed E-state index contributed by atoms with van der Waals surface area (Å²) in [5.74, 6) is -5.74. The van der Waals surface area contributed by atoms with Crippen molar-refractivity contribution in [3.05, 3.63) is 147 Å². The largest absolute Gasteiger partial charge is 0.494 e. The molecule has 1 saturated heterocycles. The highest BCUT2D eigenvalue weighted by Crippen LogP contribution is 2.44. The van der Waals surface area contributed by atoms with Crippen LogP contribution in [0.25, 0.3) is 43.4 Å². The molecule has 31 heteroatoms. The molecule has 5 amide bonds. The number of ketones is 1. The van der Waals surface area contributed by atoms with Gasteiger partial charge in [-0.3, -0.25) is 39.0 Å². The number of aliphatic hydroxyl groups is 2. The SMILES string of the molecule is Cc1sc2nc1C(=O)C[C@@H]([C@H](O)c1ccccc1)c1nc(cs1)C(=O)N[C@@H](Cc1ccc(OCCCCC(=N)N)cc1)C(=O)N1C[C@H](O)[C@H](C)[C@H]1c1nc(cs1)-c1nc(cs1)-c1nc(-c3nc(C(=O)NC4CCC(C(=O)O)CC4)cs3)ccc1-c1nc(cs1)C(=O)N[C@H]2CC(N)=O. The number of carboxylic acids is 1. The Morgan fingerprint density at radius 2 is 1.38 bits per heavy atom. The van der Waals surface area contributed by atoms with E-state index in [4.69, 9.17) is 51.5 Å². The number of hydrogen-bond donors (Lipinski definition) is 9. The van der Waals surface area contributed by atoms with Crippen molar-refractivity contribution in [1.82, 2.24) is 55.7 Å². The number of aliphatic carboxylic acids is 1. The molecule has 12 rings (SSSR count). The maximum absolute atomic E-state index is 15.5. The molecule has 25 nitrogen and oxygen atoms in total. The van der Waals surface area contributed by atoms with Gasteiger partial charge in [-0.25, -0.2) is 34.9 Å². The van der Waals surface area contributed by atoms with E-state index in [0.29, 0.717) is 122 Å². The number of nitrogens with two attached hydrogens (primary N) is 2. The van der Waals surface area contributed by atoms with Gasteiger partial charge in [-0.05, 0) is 80.8 Å². The monoisotopic (exact) mass is 1420 g/mol. The lowest BCUT2D eigenvalue weighted by Crippen LogP contribution is -2.50. The molecule has 7 aromatic heterocycles. The number of fused-ring (bicyclic) bond motifs is 16. The van der Waals surface area contributed by atoms with E-state index in [0.717, 1.165) is 34.0 Å².